The summed E-state index contributed by atoms with van der Waals surface area (Å²) in [5, 5.41) is 6.32. The van der Waals surface area contributed by atoms with Gasteiger partial charge in [-0.3, -0.25) is 9.79 Å². The van der Waals surface area contributed by atoms with Crippen molar-refractivity contribution in [3.8, 4) is 0 Å². The van der Waals surface area contributed by atoms with Gasteiger partial charge in [0, 0.05) is 45.1 Å². The largest absolute Gasteiger partial charge is 0.376 e. The molecular formula is C20H30N4O2. The van der Waals surface area contributed by atoms with Gasteiger partial charge in [-0.15, -0.1) is 0 Å². The van der Waals surface area contributed by atoms with Gasteiger partial charge in [0.2, 0.25) is 5.91 Å². The van der Waals surface area contributed by atoms with Crippen LogP contribution < -0.4 is 10.6 Å². The molecule has 1 aromatic rings. The van der Waals surface area contributed by atoms with Crippen molar-refractivity contribution in [2.75, 3.05) is 39.8 Å². The standard InChI is InChI=1S/C20H30N4O2/c1-21-20(23-11-10-22-19(25)18-7-8-18)24-12-9-17(13-24)15-26-14-16-5-3-2-4-6-16/h2-6,17-18H,7-15H2,1H3,(H,21,23)(H,22,25). The minimum atomic E-state index is 0.193. The molecule has 1 unspecified atom stereocenters. The molecule has 1 aliphatic heterocycles. The molecule has 1 aromatic carbocycles. The monoisotopic (exact) mass is 358 g/mol. The van der Waals surface area contributed by atoms with Crippen molar-refractivity contribution in [1.82, 2.24) is 15.5 Å². The topological polar surface area (TPSA) is 66.0 Å². The summed E-state index contributed by atoms with van der Waals surface area (Å²) in [5.41, 5.74) is 1.22. The first kappa shape index (κ1) is 18.7. The maximum absolute atomic E-state index is 11.6. The molecule has 0 spiro atoms. The summed E-state index contributed by atoms with van der Waals surface area (Å²) in [5.74, 6) is 1.91. The summed E-state index contributed by atoms with van der Waals surface area (Å²) in [6.07, 6.45) is 3.21. The Labute approximate surface area is 156 Å². The highest BCUT2D eigenvalue weighted by Crippen LogP contribution is 2.28. The van der Waals surface area contributed by atoms with Crippen molar-refractivity contribution in [2.45, 2.75) is 25.9 Å². The molecule has 1 heterocycles. The second kappa shape index (κ2) is 9.57. The number of ether oxygens (including phenoxy) is 1. The molecule has 1 aliphatic carbocycles. The number of nitrogens with one attached hydrogen (secondary N) is 2. The van der Waals surface area contributed by atoms with Gasteiger partial charge in [0.15, 0.2) is 5.96 Å². The second-order valence-electron chi connectivity index (χ2n) is 7.14. The van der Waals surface area contributed by atoms with Crippen LogP contribution in [0.25, 0.3) is 0 Å². The van der Waals surface area contributed by atoms with Crippen LogP contribution in [0, 0.1) is 11.8 Å². The molecule has 3 rings (SSSR count). The molecule has 142 valence electrons. The number of aliphatic imine (C=N–C) groups is 1. The van der Waals surface area contributed by atoms with E-state index in [0.717, 1.165) is 44.9 Å². The molecule has 6 heteroatoms. The van der Waals surface area contributed by atoms with E-state index in [1.807, 2.05) is 25.2 Å². The van der Waals surface area contributed by atoms with E-state index in [4.69, 9.17) is 4.74 Å². The van der Waals surface area contributed by atoms with Crippen LogP contribution in [0.2, 0.25) is 0 Å². The second-order valence-corrected chi connectivity index (χ2v) is 7.14. The number of amides is 1. The number of guanidine groups is 1. The molecule has 1 amide bonds. The lowest BCUT2D eigenvalue weighted by Crippen LogP contribution is -2.43. The highest BCUT2D eigenvalue weighted by atomic mass is 16.5. The van der Waals surface area contributed by atoms with Crippen molar-refractivity contribution in [3.63, 3.8) is 0 Å². The Morgan fingerprint density at radius 2 is 1.96 bits per heavy atom. The van der Waals surface area contributed by atoms with E-state index in [-0.39, 0.29) is 11.8 Å². The van der Waals surface area contributed by atoms with Gasteiger partial charge in [0.05, 0.1) is 13.2 Å². The fraction of sp³-hybridized carbons (Fsp3) is 0.600. The highest BCUT2D eigenvalue weighted by Gasteiger charge is 2.29. The molecule has 6 nitrogen and oxygen atoms in total. The molecule has 1 atom stereocenters. The predicted octanol–water partition coefficient (Wildman–Crippen LogP) is 1.63. The molecule has 26 heavy (non-hydrogen) atoms. The number of hydrogen-bond acceptors (Lipinski definition) is 3. The number of rotatable bonds is 8. The van der Waals surface area contributed by atoms with Gasteiger partial charge >= 0.3 is 0 Å². The molecular weight excluding hydrogens is 328 g/mol. The fourth-order valence-electron chi connectivity index (χ4n) is 3.26. The molecule has 2 N–H and O–H groups in total. The third-order valence-electron chi connectivity index (χ3n) is 4.92. The zero-order valence-electron chi connectivity index (χ0n) is 15.6. The molecule has 1 saturated heterocycles. The maximum atomic E-state index is 11.6. The number of benzene rings is 1. The van der Waals surface area contributed by atoms with Crippen LogP contribution in [0.4, 0.5) is 0 Å². The summed E-state index contributed by atoms with van der Waals surface area (Å²) >= 11 is 0. The molecule has 0 aromatic heterocycles. The summed E-state index contributed by atoms with van der Waals surface area (Å²) in [6.45, 7) is 4.75. The Kier molecular flexibility index (Phi) is 6.89. The first-order valence-electron chi connectivity index (χ1n) is 9.61. The third-order valence-corrected chi connectivity index (χ3v) is 4.92. The van der Waals surface area contributed by atoms with E-state index in [1.54, 1.807) is 0 Å². The molecule has 2 aliphatic rings. The van der Waals surface area contributed by atoms with E-state index in [0.29, 0.717) is 25.6 Å². The Morgan fingerprint density at radius 1 is 1.19 bits per heavy atom. The van der Waals surface area contributed by atoms with E-state index in [2.05, 4.69) is 32.7 Å². The van der Waals surface area contributed by atoms with Gasteiger partial charge in [-0.2, -0.15) is 0 Å². The van der Waals surface area contributed by atoms with Crippen LogP contribution in [-0.4, -0.2) is 56.6 Å². The van der Waals surface area contributed by atoms with Gasteiger partial charge in [0.1, 0.15) is 0 Å². The minimum Gasteiger partial charge on any atom is -0.376 e. The van der Waals surface area contributed by atoms with E-state index in [9.17, 15) is 4.79 Å². The van der Waals surface area contributed by atoms with E-state index < -0.39 is 0 Å². The zero-order valence-corrected chi connectivity index (χ0v) is 15.6. The first-order valence-corrected chi connectivity index (χ1v) is 9.61. The number of carbonyl (C=O) groups is 1. The van der Waals surface area contributed by atoms with E-state index >= 15 is 0 Å². The Hall–Kier alpha value is -2.08. The third kappa shape index (κ3) is 5.73. The SMILES string of the molecule is CN=C(NCCNC(=O)C1CC1)N1CCC(COCc2ccccc2)C1. The summed E-state index contributed by atoms with van der Waals surface area (Å²) in [7, 11) is 1.81. The number of nitrogens with zero attached hydrogens (tertiary/aromatic N) is 2. The van der Waals surface area contributed by atoms with Crippen molar-refractivity contribution in [1.29, 1.82) is 0 Å². The van der Waals surface area contributed by atoms with Crippen LogP contribution >= 0.6 is 0 Å². The smallest absolute Gasteiger partial charge is 0.223 e. The average molecular weight is 358 g/mol. The van der Waals surface area contributed by atoms with E-state index in [1.165, 1.54) is 5.56 Å². The van der Waals surface area contributed by atoms with Crippen LogP contribution in [0.1, 0.15) is 24.8 Å². The number of hydrogen-bond donors (Lipinski definition) is 2. The van der Waals surface area contributed by atoms with Gasteiger partial charge in [0.25, 0.3) is 0 Å². The van der Waals surface area contributed by atoms with Gasteiger partial charge in [-0.25, -0.2) is 0 Å². The highest BCUT2D eigenvalue weighted by molar-refractivity contribution is 5.81. The Balaban J connectivity index is 1.31. The summed E-state index contributed by atoms with van der Waals surface area (Å²) in [4.78, 5) is 18.3. The van der Waals surface area contributed by atoms with Crippen molar-refractivity contribution < 1.29 is 9.53 Å². The lowest BCUT2D eigenvalue weighted by atomic mass is 10.1. The van der Waals surface area contributed by atoms with Gasteiger partial charge in [-0.05, 0) is 24.8 Å². The zero-order chi connectivity index (χ0) is 18.2. The number of likely N-dealkylation sites (tertiary alicyclic amines) is 1. The average Bonchev–Trinajstić information content (AvgIpc) is 3.42. The van der Waals surface area contributed by atoms with Crippen LogP contribution in [-0.2, 0) is 16.1 Å². The molecule has 0 bridgehead atoms. The maximum Gasteiger partial charge on any atom is 0.223 e. The van der Waals surface area contributed by atoms with Crippen LogP contribution in [0.3, 0.4) is 0 Å². The lowest BCUT2D eigenvalue weighted by molar-refractivity contribution is -0.122. The van der Waals surface area contributed by atoms with Crippen molar-refractivity contribution >= 4 is 11.9 Å². The number of carbonyl (C=O) groups excluding carboxylic acids is 1. The fourth-order valence-corrected chi connectivity index (χ4v) is 3.26. The molecule has 2 fully saturated rings. The molecule has 0 radical (unpaired) electrons. The normalized spacial score (nSPS) is 20.3. The van der Waals surface area contributed by atoms with Crippen molar-refractivity contribution in [2.24, 2.45) is 16.8 Å². The van der Waals surface area contributed by atoms with Gasteiger partial charge in [-0.1, -0.05) is 30.3 Å². The first-order chi connectivity index (χ1) is 12.8. The van der Waals surface area contributed by atoms with Crippen LogP contribution in [0.15, 0.2) is 35.3 Å². The van der Waals surface area contributed by atoms with Crippen molar-refractivity contribution in [3.05, 3.63) is 35.9 Å². The summed E-state index contributed by atoms with van der Waals surface area (Å²) in [6, 6.07) is 10.3. The predicted molar refractivity (Wildman–Crippen MR) is 103 cm³/mol. The summed E-state index contributed by atoms with van der Waals surface area (Å²) < 4.78 is 5.88. The Morgan fingerprint density at radius 3 is 2.69 bits per heavy atom. The lowest BCUT2D eigenvalue weighted by Gasteiger charge is -2.22. The van der Waals surface area contributed by atoms with Gasteiger partial charge < -0.3 is 20.3 Å². The minimum absolute atomic E-state index is 0.193. The quantitative estimate of drug-likeness (QED) is 0.421. The molecule has 1 saturated carbocycles. The van der Waals surface area contributed by atoms with Crippen LogP contribution in [0.5, 0.6) is 0 Å². The Bertz CT molecular complexity index is 601.